The number of amides is 1. The van der Waals surface area contributed by atoms with Gasteiger partial charge in [0.2, 0.25) is 10.0 Å². The molecular weight excluding hydrogens is 410 g/mol. The monoisotopic (exact) mass is 441 g/mol. The highest BCUT2D eigenvalue weighted by Gasteiger charge is 2.17. The van der Waals surface area contributed by atoms with Crippen molar-refractivity contribution in [1.29, 1.82) is 0 Å². The first-order chi connectivity index (χ1) is 14.9. The highest BCUT2D eigenvalue weighted by Crippen LogP contribution is 2.19. The Morgan fingerprint density at radius 2 is 1.71 bits per heavy atom. The predicted molar refractivity (Wildman–Crippen MR) is 126 cm³/mol. The van der Waals surface area contributed by atoms with Crippen molar-refractivity contribution in [1.82, 2.24) is 10.2 Å². The van der Waals surface area contributed by atoms with Crippen molar-refractivity contribution in [3.8, 4) is 0 Å². The molecule has 3 rings (SSSR count). The lowest BCUT2D eigenvalue weighted by Crippen LogP contribution is -2.30. The molecule has 1 saturated heterocycles. The lowest BCUT2D eigenvalue weighted by molar-refractivity contribution is 0.0950. The summed E-state index contributed by atoms with van der Waals surface area (Å²) in [6.07, 6.45) is 6.49. The van der Waals surface area contributed by atoms with Crippen molar-refractivity contribution < 1.29 is 13.2 Å². The van der Waals surface area contributed by atoms with Gasteiger partial charge in [-0.25, -0.2) is 8.42 Å². The number of carbonyl (C=O) groups excluding carboxylic acids is 1. The number of carbonyl (C=O) groups is 1. The van der Waals surface area contributed by atoms with Crippen molar-refractivity contribution >= 4 is 21.6 Å². The molecule has 1 fully saturated rings. The topological polar surface area (TPSA) is 69.7 Å². The molecule has 0 aromatic heterocycles. The van der Waals surface area contributed by atoms with Crippen molar-refractivity contribution in [3.05, 3.63) is 77.9 Å². The summed E-state index contributed by atoms with van der Waals surface area (Å²) in [6.45, 7) is 7.41. The molecule has 1 aliphatic heterocycles. The fourth-order valence-corrected chi connectivity index (χ4v) is 4.73. The molecule has 6 nitrogen and oxygen atoms in total. The van der Waals surface area contributed by atoms with Crippen LogP contribution in [0.4, 0.5) is 5.69 Å². The molecule has 166 valence electrons. The van der Waals surface area contributed by atoms with E-state index in [1.165, 1.54) is 35.2 Å². The van der Waals surface area contributed by atoms with Gasteiger partial charge in [0.15, 0.2) is 0 Å². The first-order valence-electron chi connectivity index (χ1n) is 10.6. The second kappa shape index (κ2) is 10.6. The molecule has 0 aliphatic carbocycles. The van der Waals surface area contributed by atoms with Gasteiger partial charge in [0, 0.05) is 18.7 Å². The molecule has 0 atom stereocenters. The molecule has 2 aromatic rings. The number of benzene rings is 2. The Bertz CT molecular complexity index is 997. The van der Waals surface area contributed by atoms with E-state index >= 15 is 0 Å². The van der Waals surface area contributed by atoms with Crippen LogP contribution in [0.25, 0.3) is 0 Å². The fourth-order valence-electron chi connectivity index (χ4n) is 3.85. The van der Waals surface area contributed by atoms with Crippen LogP contribution in [0.3, 0.4) is 0 Å². The number of nitrogens with one attached hydrogen (secondary N) is 1. The van der Waals surface area contributed by atoms with Crippen molar-refractivity contribution in [2.24, 2.45) is 0 Å². The maximum atomic E-state index is 12.7. The smallest absolute Gasteiger partial charge is 0.251 e. The Balaban J connectivity index is 1.64. The van der Waals surface area contributed by atoms with Crippen LogP contribution in [0, 0.1) is 0 Å². The first-order valence-corrected chi connectivity index (χ1v) is 12.5. The number of hydrogen-bond acceptors (Lipinski definition) is 4. The summed E-state index contributed by atoms with van der Waals surface area (Å²) in [4.78, 5) is 15.1. The van der Waals surface area contributed by atoms with Gasteiger partial charge in [0.25, 0.3) is 5.91 Å². The minimum atomic E-state index is -3.42. The Morgan fingerprint density at radius 3 is 2.32 bits per heavy atom. The van der Waals surface area contributed by atoms with Crippen LogP contribution < -0.4 is 9.62 Å². The van der Waals surface area contributed by atoms with E-state index in [-0.39, 0.29) is 12.5 Å². The van der Waals surface area contributed by atoms with E-state index in [1.54, 1.807) is 24.3 Å². The van der Waals surface area contributed by atoms with Crippen molar-refractivity contribution in [2.75, 3.05) is 30.2 Å². The van der Waals surface area contributed by atoms with Crippen molar-refractivity contribution in [2.45, 2.75) is 32.4 Å². The van der Waals surface area contributed by atoms with Gasteiger partial charge < -0.3 is 5.32 Å². The van der Waals surface area contributed by atoms with E-state index in [0.717, 1.165) is 31.5 Å². The molecule has 1 N–H and O–H groups in total. The van der Waals surface area contributed by atoms with Gasteiger partial charge in [-0.3, -0.25) is 14.0 Å². The second-order valence-electron chi connectivity index (χ2n) is 7.92. The summed E-state index contributed by atoms with van der Waals surface area (Å²) < 4.78 is 25.2. The molecule has 0 bridgehead atoms. The number of hydrogen-bond donors (Lipinski definition) is 1. The zero-order chi connectivity index (χ0) is 22.3. The second-order valence-corrected chi connectivity index (χ2v) is 9.82. The van der Waals surface area contributed by atoms with Gasteiger partial charge in [0.05, 0.1) is 18.5 Å². The van der Waals surface area contributed by atoms with E-state index in [4.69, 9.17) is 0 Å². The van der Waals surface area contributed by atoms with Gasteiger partial charge in [-0.15, -0.1) is 6.58 Å². The summed E-state index contributed by atoms with van der Waals surface area (Å²) in [5.41, 5.74) is 3.36. The van der Waals surface area contributed by atoms with Crippen LogP contribution in [-0.4, -0.2) is 45.1 Å². The molecule has 0 spiro atoms. The minimum Gasteiger partial charge on any atom is -0.348 e. The molecule has 0 saturated carbocycles. The summed E-state index contributed by atoms with van der Waals surface area (Å²) in [5, 5.41) is 2.99. The lowest BCUT2D eigenvalue weighted by atomic mass is 10.0. The standard InChI is InChI=1S/C24H31N3O3S/c1-3-15-27(31(2,29)30)23-13-11-20(12-14-23)24(28)25-18-21-9-5-6-10-22(21)19-26-16-7-4-8-17-26/h3,5-6,9-14H,1,4,7-8,15-19H2,2H3,(H,25,28). The van der Waals surface area contributed by atoms with Gasteiger partial charge in [0.1, 0.15) is 0 Å². The fraction of sp³-hybridized carbons (Fsp3) is 0.375. The number of likely N-dealkylation sites (tertiary alicyclic amines) is 1. The molecule has 31 heavy (non-hydrogen) atoms. The highest BCUT2D eigenvalue weighted by atomic mass is 32.2. The molecule has 0 radical (unpaired) electrons. The summed E-state index contributed by atoms with van der Waals surface area (Å²) in [7, 11) is -3.42. The summed E-state index contributed by atoms with van der Waals surface area (Å²) >= 11 is 0. The third kappa shape index (κ3) is 6.42. The number of anilines is 1. The molecule has 7 heteroatoms. The average molecular weight is 442 g/mol. The number of rotatable bonds is 9. The van der Waals surface area contributed by atoms with E-state index in [1.807, 2.05) is 12.1 Å². The maximum Gasteiger partial charge on any atom is 0.251 e. The highest BCUT2D eigenvalue weighted by molar-refractivity contribution is 7.92. The minimum absolute atomic E-state index is 0.179. The Kier molecular flexibility index (Phi) is 7.87. The predicted octanol–water partition coefficient (Wildman–Crippen LogP) is 3.55. The van der Waals surface area contributed by atoms with Gasteiger partial charge >= 0.3 is 0 Å². The van der Waals surface area contributed by atoms with Gasteiger partial charge in [-0.2, -0.15) is 0 Å². The van der Waals surface area contributed by atoms with Crippen LogP contribution in [-0.2, 0) is 23.1 Å². The zero-order valence-electron chi connectivity index (χ0n) is 18.1. The molecule has 1 aliphatic rings. The molecule has 1 amide bonds. The third-order valence-corrected chi connectivity index (χ3v) is 6.67. The number of piperidine rings is 1. The van der Waals surface area contributed by atoms with Crippen LogP contribution in [0.5, 0.6) is 0 Å². The van der Waals surface area contributed by atoms with Crippen LogP contribution in [0.15, 0.2) is 61.2 Å². The van der Waals surface area contributed by atoms with E-state index in [2.05, 4.69) is 28.9 Å². The maximum absolute atomic E-state index is 12.7. The summed E-state index contributed by atoms with van der Waals surface area (Å²) in [6, 6.07) is 14.8. The molecular formula is C24H31N3O3S. The number of sulfonamides is 1. The van der Waals surface area contributed by atoms with Crippen LogP contribution in [0.1, 0.15) is 40.7 Å². The Hall–Kier alpha value is -2.64. The van der Waals surface area contributed by atoms with Crippen LogP contribution >= 0.6 is 0 Å². The van der Waals surface area contributed by atoms with Crippen LogP contribution in [0.2, 0.25) is 0 Å². The third-order valence-electron chi connectivity index (χ3n) is 5.51. The number of nitrogens with zero attached hydrogens (tertiary/aromatic N) is 2. The summed E-state index contributed by atoms with van der Waals surface area (Å²) in [5.74, 6) is -0.186. The van der Waals surface area contributed by atoms with Gasteiger partial charge in [-0.05, 0) is 61.3 Å². The Labute approximate surface area is 185 Å². The normalized spacial score (nSPS) is 14.7. The van der Waals surface area contributed by atoms with Gasteiger partial charge in [-0.1, -0.05) is 36.8 Å². The van der Waals surface area contributed by atoms with E-state index < -0.39 is 10.0 Å². The Morgan fingerprint density at radius 1 is 1.06 bits per heavy atom. The molecule has 1 heterocycles. The lowest BCUT2D eigenvalue weighted by Gasteiger charge is -2.27. The quantitative estimate of drug-likeness (QED) is 0.604. The first kappa shape index (κ1) is 23.0. The van der Waals surface area contributed by atoms with E-state index in [0.29, 0.717) is 17.8 Å². The molecule has 2 aromatic carbocycles. The van der Waals surface area contributed by atoms with E-state index in [9.17, 15) is 13.2 Å². The SMILES string of the molecule is C=CCN(c1ccc(C(=O)NCc2ccccc2CN2CCCCC2)cc1)S(C)(=O)=O. The molecule has 0 unspecified atom stereocenters. The largest absolute Gasteiger partial charge is 0.348 e. The zero-order valence-corrected chi connectivity index (χ0v) is 18.9. The average Bonchev–Trinajstić information content (AvgIpc) is 2.77. The van der Waals surface area contributed by atoms with Crippen molar-refractivity contribution in [3.63, 3.8) is 0 Å².